The van der Waals surface area contributed by atoms with Crippen LogP contribution >= 0.6 is 11.8 Å². The minimum absolute atomic E-state index is 0.0723. The average Bonchev–Trinajstić information content (AvgIpc) is 3.00. The van der Waals surface area contributed by atoms with E-state index in [2.05, 4.69) is 10.2 Å². The van der Waals surface area contributed by atoms with E-state index in [4.69, 9.17) is 10.6 Å². The highest BCUT2D eigenvalue weighted by Crippen LogP contribution is 2.31. The Labute approximate surface area is 147 Å². The molecular weight excluding hydrogens is 342 g/mol. The van der Waals surface area contributed by atoms with Crippen LogP contribution in [0.3, 0.4) is 0 Å². The van der Waals surface area contributed by atoms with Crippen LogP contribution in [0, 0.1) is 10.1 Å². The molecule has 0 saturated carbocycles. The van der Waals surface area contributed by atoms with E-state index < -0.39 is 4.92 Å². The van der Waals surface area contributed by atoms with Gasteiger partial charge in [0.05, 0.1) is 17.6 Å². The Kier molecular flexibility index (Phi) is 4.85. The summed E-state index contributed by atoms with van der Waals surface area (Å²) in [6.45, 7) is 0. The first-order valence-corrected chi connectivity index (χ1v) is 8.29. The number of aromatic nitrogens is 3. The van der Waals surface area contributed by atoms with E-state index >= 15 is 0 Å². The van der Waals surface area contributed by atoms with Crippen LogP contribution in [0.25, 0.3) is 11.4 Å². The number of benzene rings is 2. The predicted octanol–water partition coefficient (Wildman–Crippen LogP) is 2.87. The third-order valence-corrected chi connectivity index (χ3v) is 4.55. The summed E-state index contributed by atoms with van der Waals surface area (Å²) in [6, 6.07) is 13.9. The standard InChI is InChI=1S/C16H15N5O3S/c1-24-14-9-5-3-7-12(14)15-18-19-16(20(15)17)25-10-11-6-2-4-8-13(11)21(22)23/h2-9H,10,17H2,1H3. The maximum Gasteiger partial charge on any atom is 0.273 e. The Morgan fingerprint density at radius 3 is 2.68 bits per heavy atom. The van der Waals surface area contributed by atoms with Crippen molar-refractivity contribution in [2.45, 2.75) is 10.9 Å². The maximum atomic E-state index is 11.1. The van der Waals surface area contributed by atoms with Crippen molar-refractivity contribution in [1.82, 2.24) is 14.9 Å². The molecule has 1 aromatic heterocycles. The molecule has 8 nitrogen and oxygen atoms in total. The lowest BCUT2D eigenvalue weighted by Gasteiger charge is -2.08. The molecule has 3 rings (SSSR count). The quantitative estimate of drug-likeness (QED) is 0.313. The van der Waals surface area contributed by atoms with Gasteiger partial charge in [-0.05, 0) is 12.1 Å². The van der Waals surface area contributed by atoms with Gasteiger partial charge < -0.3 is 10.6 Å². The number of methoxy groups -OCH3 is 1. The number of hydrogen-bond donors (Lipinski definition) is 1. The van der Waals surface area contributed by atoms with E-state index in [0.29, 0.717) is 28.0 Å². The van der Waals surface area contributed by atoms with Crippen molar-refractivity contribution in [2.24, 2.45) is 0 Å². The van der Waals surface area contributed by atoms with Gasteiger partial charge in [-0.3, -0.25) is 10.1 Å². The number of nitrogens with two attached hydrogens (primary N) is 1. The predicted molar refractivity (Wildman–Crippen MR) is 94.8 cm³/mol. The van der Waals surface area contributed by atoms with E-state index in [9.17, 15) is 10.1 Å². The maximum absolute atomic E-state index is 11.1. The van der Waals surface area contributed by atoms with E-state index in [1.165, 1.54) is 22.5 Å². The molecule has 0 amide bonds. The molecule has 0 bridgehead atoms. The Hall–Kier alpha value is -3.07. The van der Waals surface area contributed by atoms with E-state index in [1.807, 2.05) is 24.3 Å². The van der Waals surface area contributed by atoms with Crippen LogP contribution in [0.15, 0.2) is 53.7 Å². The largest absolute Gasteiger partial charge is 0.496 e. The van der Waals surface area contributed by atoms with Gasteiger partial charge in [0.2, 0.25) is 5.16 Å². The van der Waals surface area contributed by atoms with Gasteiger partial charge in [-0.2, -0.15) is 0 Å². The smallest absolute Gasteiger partial charge is 0.273 e. The van der Waals surface area contributed by atoms with Gasteiger partial charge in [0.25, 0.3) is 5.69 Å². The Balaban J connectivity index is 1.84. The zero-order valence-electron chi connectivity index (χ0n) is 13.3. The van der Waals surface area contributed by atoms with Gasteiger partial charge in [0, 0.05) is 17.4 Å². The molecular formula is C16H15N5O3S. The van der Waals surface area contributed by atoms with Crippen molar-refractivity contribution in [3.05, 3.63) is 64.2 Å². The van der Waals surface area contributed by atoms with Crippen molar-refractivity contribution < 1.29 is 9.66 Å². The molecule has 0 aliphatic rings. The Bertz CT molecular complexity index is 912. The zero-order valence-corrected chi connectivity index (χ0v) is 14.1. The number of thioether (sulfide) groups is 1. The molecule has 0 atom stereocenters. The highest BCUT2D eigenvalue weighted by Gasteiger charge is 2.18. The second-order valence-electron chi connectivity index (χ2n) is 5.05. The molecule has 0 unspecified atom stereocenters. The third-order valence-electron chi connectivity index (χ3n) is 3.56. The van der Waals surface area contributed by atoms with Gasteiger partial charge in [-0.25, -0.2) is 4.68 Å². The van der Waals surface area contributed by atoms with E-state index in [-0.39, 0.29) is 5.69 Å². The molecule has 0 aliphatic carbocycles. The first-order chi connectivity index (χ1) is 12.1. The fraction of sp³-hybridized carbons (Fsp3) is 0.125. The summed E-state index contributed by atoms with van der Waals surface area (Å²) in [4.78, 5) is 10.7. The molecule has 1 heterocycles. The lowest BCUT2D eigenvalue weighted by molar-refractivity contribution is -0.385. The van der Waals surface area contributed by atoms with Crippen LogP contribution in [0.5, 0.6) is 5.75 Å². The molecule has 9 heteroatoms. The Morgan fingerprint density at radius 2 is 1.92 bits per heavy atom. The SMILES string of the molecule is COc1ccccc1-c1nnc(SCc2ccccc2[N+](=O)[O-])n1N. The van der Waals surface area contributed by atoms with Crippen molar-refractivity contribution in [3.8, 4) is 17.1 Å². The lowest BCUT2D eigenvalue weighted by atomic mass is 10.2. The van der Waals surface area contributed by atoms with E-state index in [0.717, 1.165) is 5.56 Å². The average molecular weight is 357 g/mol. The number of nitrogen functional groups attached to an aromatic ring is 1. The molecule has 25 heavy (non-hydrogen) atoms. The third kappa shape index (κ3) is 3.41. The molecule has 0 spiro atoms. The van der Waals surface area contributed by atoms with Crippen molar-refractivity contribution in [2.75, 3.05) is 13.0 Å². The molecule has 2 aromatic carbocycles. The number of nitro groups is 1. The van der Waals surface area contributed by atoms with Crippen molar-refractivity contribution >= 4 is 17.4 Å². The fourth-order valence-corrected chi connectivity index (χ4v) is 3.19. The molecule has 2 N–H and O–H groups in total. The number of ether oxygens (including phenoxy) is 1. The molecule has 0 aliphatic heterocycles. The first-order valence-electron chi connectivity index (χ1n) is 7.30. The van der Waals surface area contributed by atoms with Gasteiger partial charge in [0.15, 0.2) is 5.82 Å². The number of para-hydroxylation sites is 2. The Morgan fingerprint density at radius 1 is 1.20 bits per heavy atom. The van der Waals surface area contributed by atoms with Crippen molar-refractivity contribution in [3.63, 3.8) is 0 Å². The first kappa shape index (κ1) is 16.8. The summed E-state index contributed by atoms with van der Waals surface area (Å²) < 4.78 is 6.68. The molecule has 0 fully saturated rings. The zero-order chi connectivity index (χ0) is 17.8. The van der Waals surface area contributed by atoms with Gasteiger partial charge >= 0.3 is 0 Å². The number of nitrogens with zero attached hydrogens (tertiary/aromatic N) is 4. The van der Waals surface area contributed by atoms with Crippen LogP contribution in [0.4, 0.5) is 5.69 Å². The monoisotopic (exact) mass is 357 g/mol. The highest BCUT2D eigenvalue weighted by atomic mass is 32.2. The summed E-state index contributed by atoms with van der Waals surface area (Å²) in [6.07, 6.45) is 0. The summed E-state index contributed by atoms with van der Waals surface area (Å²) in [5, 5.41) is 19.7. The number of nitro benzene ring substituents is 1. The minimum atomic E-state index is -0.399. The summed E-state index contributed by atoms with van der Waals surface area (Å²) >= 11 is 1.28. The molecule has 3 aromatic rings. The van der Waals surface area contributed by atoms with Crippen LogP contribution in [-0.4, -0.2) is 26.9 Å². The molecule has 0 saturated heterocycles. The summed E-state index contributed by atoms with van der Waals surface area (Å²) in [5.74, 6) is 7.56. The van der Waals surface area contributed by atoms with Gasteiger partial charge in [-0.15, -0.1) is 10.2 Å². The van der Waals surface area contributed by atoms with Crippen LogP contribution in [-0.2, 0) is 5.75 Å². The number of hydrogen-bond acceptors (Lipinski definition) is 7. The summed E-state index contributed by atoms with van der Waals surface area (Å²) in [7, 11) is 1.57. The highest BCUT2D eigenvalue weighted by molar-refractivity contribution is 7.98. The normalized spacial score (nSPS) is 10.6. The molecule has 0 radical (unpaired) electrons. The van der Waals surface area contributed by atoms with Crippen molar-refractivity contribution in [1.29, 1.82) is 0 Å². The topological polar surface area (TPSA) is 109 Å². The van der Waals surface area contributed by atoms with Crippen LogP contribution < -0.4 is 10.6 Å². The van der Waals surface area contributed by atoms with Crippen LogP contribution in [0.2, 0.25) is 0 Å². The second-order valence-corrected chi connectivity index (χ2v) is 5.99. The van der Waals surface area contributed by atoms with Gasteiger partial charge in [-0.1, -0.05) is 42.1 Å². The minimum Gasteiger partial charge on any atom is -0.496 e. The van der Waals surface area contributed by atoms with Gasteiger partial charge in [0.1, 0.15) is 5.75 Å². The summed E-state index contributed by atoms with van der Waals surface area (Å²) in [5.41, 5.74) is 1.39. The van der Waals surface area contributed by atoms with Crippen LogP contribution in [0.1, 0.15) is 5.56 Å². The second kappa shape index (κ2) is 7.22. The number of rotatable bonds is 6. The lowest BCUT2D eigenvalue weighted by Crippen LogP contribution is -2.12. The molecule has 128 valence electrons. The van der Waals surface area contributed by atoms with E-state index in [1.54, 1.807) is 25.3 Å². The fourth-order valence-electron chi connectivity index (χ4n) is 2.34.